The molecule has 0 aliphatic heterocycles. The van der Waals surface area contributed by atoms with Gasteiger partial charge < -0.3 is 10.4 Å². The van der Waals surface area contributed by atoms with Crippen LogP contribution in [0.4, 0.5) is 0 Å². The van der Waals surface area contributed by atoms with E-state index in [9.17, 15) is 9.59 Å². The van der Waals surface area contributed by atoms with Crippen molar-refractivity contribution in [3.63, 3.8) is 0 Å². The van der Waals surface area contributed by atoms with Gasteiger partial charge in [0.05, 0.1) is 5.92 Å². The topological polar surface area (TPSA) is 66.4 Å². The Morgan fingerprint density at radius 1 is 1.25 bits per heavy atom. The first-order chi connectivity index (χ1) is 9.58. The third-order valence-corrected chi connectivity index (χ3v) is 4.11. The summed E-state index contributed by atoms with van der Waals surface area (Å²) in [7, 11) is 0. The Balaban J connectivity index is 1.89. The lowest BCUT2D eigenvalue weighted by atomic mass is 9.81. The number of rotatable bonds is 4. The second-order valence-electron chi connectivity index (χ2n) is 5.54. The maximum atomic E-state index is 12.1. The molecule has 108 valence electrons. The maximum absolute atomic E-state index is 12.1. The molecule has 2 atom stereocenters. The molecule has 1 aromatic rings. The van der Waals surface area contributed by atoms with E-state index in [-0.39, 0.29) is 17.7 Å². The zero-order valence-corrected chi connectivity index (χ0v) is 11.8. The van der Waals surface area contributed by atoms with Gasteiger partial charge in [-0.25, -0.2) is 0 Å². The Kier molecular flexibility index (Phi) is 4.77. The number of carbonyl (C=O) groups excluding carboxylic acids is 1. The van der Waals surface area contributed by atoms with E-state index in [0.717, 1.165) is 24.0 Å². The second kappa shape index (κ2) is 6.55. The van der Waals surface area contributed by atoms with Crippen LogP contribution in [0.15, 0.2) is 24.3 Å². The van der Waals surface area contributed by atoms with Crippen LogP contribution in [0.3, 0.4) is 0 Å². The molecule has 1 aromatic carbocycles. The van der Waals surface area contributed by atoms with E-state index in [1.54, 1.807) is 0 Å². The fraction of sp³-hybridized carbons (Fsp3) is 0.500. The molecule has 1 aliphatic rings. The van der Waals surface area contributed by atoms with Gasteiger partial charge in [-0.1, -0.05) is 30.7 Å². The van der Waals surface area contributed by atoms with Crippen molar-refractivity contribution in [2.75, 3.05) is 0 Å². The molecule has 2 rings (SSSR count). The van der Waals surface area contributed by atoms with Gasteiger partial charge in [-0.15, -0.1) is 0 Å². The van der Waals surface area contributed by atoms with Crippen molar-refractivity contribution in [2.45, 2.75) is 39.2 Å². The third-order valence-electron chi connectivity index (χ3n) is 4.11. The number of aryl methyl sites for hydroxylation is 1. The van der Waals surface area contributed by atoms with Gasteiger partial charge in [0.15, 0.2) is 0 Å². The van der Waals surface area contributed by atoms with E-state index < -0.39 is 5.97 Å². The van der Waals surface area contributed by atoms with Gasteiger partial charge in [0.2, 0.25) is 5.91 Å². The average molecular weight is 275 g/mol. The van der Waals surface area contributed by atoms with Gasteiger partial charge in [-0.3, -0.25) is 9.59 Å². The molecule has 1 saturated carbocycles. The zero-order chi connectivity index (χ0) is 14.5. The number of amides is 1. The van der Waals surface area contributed by atoms with Crippen LogP contribution in [-0.4, -0.2) is 17.0 Å². The minimum absolute atomic E-state index is 0.0146. The molecule has 4 heteroatoms. The number of aliphatic carboxylic acids is 1. The Bertz CT molecular complexity index is 498. The lowest BCUT2D eigenvalue weighted by Gasteiger charge is -2.25. The first kappa shape index (κ1) is 14.6. The summed E-state index contributed by atoms with van der Waals surface area (Å²) in [6.45, 7) is 2.53. The van der Waals surface area contributed by atoms with E-state index in [4.69, 9.17) is 5.11 Å². The van der Waals surface area contributed by atoms with Crippen molar-refractivity contribution in [1.82, 2.24) is 5.32 Å². The van der Waals surface area contributed by atoms with Crippen molar-refractivity contribution in [3.8, 4) is 0 Å². The summed E-state index contributed by atoms with van der Waals surface area (Å²) in [6.07, 6.45) is 2.77. The van der Waals surface area contributed by atoms with Gasteiger partial charge in [0.1, 0.15) is 0 Å². The quantitative estimate of drug-likeness (QED) is 0.887. The van der Waals surface area contributed by atoms with Gasteiger partial charge in [0, 0.05) is 12.5 Å². The molecule has 0 radical (unpaired) electrons. The highest BCUT2D eigenvalue weighted by atomic mass is 16.4. The molecule has 0 unspecified atom stereocenters. The predicted molar refractivity (Wildman–Crippen MR) is 76.1 cm³/mol. The van der Waals surface area contributed by atoms with E-state index in [0.29, 0.717) is 19.4 Å². The van der Waals surface area contributed by atoms with Crippen LogP contribution in [-0.2, 0) is 16.1 Å². The third kappa shape index (κ3) is 3.59. The summed E-state index contributed by atoms with van der Waals surface area (Å²) in [6, 6.07) is 7.94. The van der Waals surface area contributed by atoms with Crippen LogP contribution in [0.2, 0.25) is 0 Å². The minimum atomic E-state index is -0.776. The van der Waals surface area contributed by atoms with Crippen LogP contribution < -0.4 is 5.32 Å². The van der Waals surface area contributed by atoms with Crippen LogP contribution in [0.5, 0.6) is 0 Å². The number of carbonyl (C=O) groups is 2. The molecule has 0 spiro atoms. The molecule has 4 nitrogen and oxygen atoms in total. The maximum Gasteiger partial charge on any atom is 0.306 e. The Morgan fingerprint density at radius 3 is 2.65 bits per heavy atom. The number of hydrogen-bond donors (Lipinski definition) is 2. The number of carboxylic acids is 1. The van der Waals surface area contributed by atoms with Gasteiger partial charge >= 0.3 is 5.97 Å². The molecule has 1 amide bonds. The SMILES string of the molecule is Cc1ccccc1CNC(=O)[C@@H]1CCC[C@@H](C(=O)O)C1. The lowest BCUT2D eigenvalue weighted by molar-refractivity contribution is -0.144. The first-order valence-corrected chi connectivity index (χ1v) is 7.13. The molecule has 20 heavy (non-hydrogen) atoms. The number of hydrogen-bond acceptors (Lipinski definition) is 2. The molecule has 0 bridgehead atoms. The first-order valence-electron chi connectivity index (χ1n) is 7.13. The van der Waals surface area contributed by atoms with Crippen molar-refractivity contribution in [1.29, 1.82) is 0 Å². The van der Waals surface area contributed by atoms with E-state index in [1.807, 2.05) is 31.2 Å². The summed E-state index contributed by atoms with van der Waals surface area (Å²) in [5.74, 6) is -1.31. The number of carboxylic acid groups (broad SMARTS) is 1. The van der Waals surface area contributed by atoms with E-state index in [1.165, 1.54) is 0 Å². The summed E-state index contributed by atoms with van der Waals surface area (Å²) in [5, 5.41) is 12.0. The number of benzene rings is 1. The smallest absolute Gasteiger partial charge is 0.306 e. The van der Waals surface area contributed by atoms with Gasteiger partial charge in [0.25, 0.3) is 0 Å². The largest absolute Gasteiger partial charge is 0.481 e. The molecule has 1 aliphatic carbocycles. The fourth-order valence-corrected chi connectivity index (χ4v) is 2.79. The minimum Gasteiger partial charge on any atom is -0.481 e. The van der Waals surface area contributed by atoms with Crippen LogP contribution in [0.1, 0.15) is 36.8 Å². The van der Waals surface area contributed by atoms with E-state index in [2.05, 4.69) is 5.32 Å². The standard InChI is InChI=1S/C16H21NO3/c1-11-5-2-3-6-14(11)10-17-15(18)12-7-4-8-13(9-12)16(19)20/h2-3,5-6,12-13H,4,7-10H2,1H3,(H,17,18)(H,19,20)/t12-,13-/m1/s1. The van der Waals surface area contributed by atoms with Crippen LogP contribution in [0, 0.1) is 18.8 Å². The molecular weight excluding hydrogens is 254 g/mol. The summed E-state index contributed by atoms with van der Waals surface area (Å²) in [4.78, 5) is 23.2. The summed E-state index contributed by atoms with van der Waals surface area (Å²) >= 11 is 0. The van der Waals surface area contributed by atoms with Crippen molar-refractivity contribution in [3.05, 3.63) is 35.4 Å². The van der Waals surface area contributed by atoms with Gasteiger partial charge in [-0.2, -0.15) is 0 Å². The Labute approximate surface area is 119 Å². The lowest BCUT2D eigenvalue weighted by Crippen LogP contribution is -2.35. The Hall–Kier alpha value is -1.84. The van der Waals surface area contributed by atoms with Crippen molar-refractivity contribution < 1.29 is 14.7 Å². The summed E-state index contributed by atoms with van der Waals surface area (Å²) in [5.41, 5.74) is 2.26. The monoisotopic (exact) mass is 275 g/mol. The summed E-state index contributed by atoms with van der Waals surface area (Å²) < 4.78 is 0. The zero-order valence-electron chi connectivity index (χ0n) is 11.8. The molecule has 2 N–H and O–H groups in total. The van der Waals surface area contributed by atoms with Gasteiger partial charge in [-0.05, 0) is 37.3 Å². The highest BCUT2D eigenvalue weighted by molar-refractivity contribution is 5.80. The second-order valence-corrected chi connectivity index (χ2v) is 5.54. The molecular formula is C16H21NO3. The molecule has 0 heterocycles. The average Bonchev–Trinajstić information content (AvgIpc) is 2.46. The normalized spacial score (nSPS) is 22.2. The van der Waals surface area contributed by atoms with Crippen LogP contribution in [0.25, 0.3) is 0 Å². The van der Waals surface area contributed by atoms with Crippen molar-refractivity contribution >= 4 is 11.9 Å². The van der Waals surface area contributed by atoms with Crippen molar-refractivity contribution in [2.24, 2.45) is 11.8 Å². The van der Waals surface area contributed by atoms with Crippen LogP contribution >= 0.6 is 0 Å². The molecule has 0 saturated heterocycles. The predicted octanol–water partition coefficient (Wildman–Crippen LogP) is 2.50. The molecule has 0 aromatic heterocycles. The highest BCUT2D eigenvalue weighted by Gasteiger charge is 2.30. The number of nitrogens with one attached hydrogen (secondary N) is 1. The molecule has 1 fully saturated rings. The van der Waals surface area contributed by atoms with E-state index >= 15 is 0 Å². The highest BCUT2D eigenvalue weighted by Crippen LogP contribution is 2.29. The fourth-order valence-electron chi connectivity index (χ4n) is 2.79. The Morgan fingerprint density at radius 2 is 1.95 bits per heavy atom.